The van der Waals surface area contributed by atoms with Crippen molar-refractivity contribution < 1.29 is 4.92 Å². The van der Waals surface area contributed by atoms with Crippen molar-refractivity contribution in [2.24, 2.45) is 5.73 Å². The van der Waals surface area contributed by atoms with Crippen LogP contribution in [0, 0.1) is 10.1 Å². The molecule has 2 atom stereocenters. The summed E-state index contributed by atoms with van der Waals surface area (Å²) >= 11 is 0. The van der Waals surface area contributed by atoms with Crippen LogP contribution in [-0.2, 0) is 0 Å². The van der Waals surface area contributed by atoms with Crippen LogP contribution < -0.4 is 5.73 Å². The second-order valence-electron chi connectivity index (χ2n) is 4.76. The van der Waals surface area contributed by atoms with Crippen molar-refractivity contribution in [2.75, 3.05) is 13.1 Å². The zero-order valence-electron chi connectivity index (χ0n) is 10.6. The van der Waals surface area contributed by atoms with Crippen molar-refractivity contribution in [3.63, 3.8) is 0 Å². The number of hydrogen-bond acceptors (Lipinski definition) is 4. The monoisotopic (exact) mass is 249 g/mol. The lowest BCUT2D eigenvalue weighted by Gasteiger charge is -2.29. The van der Waals surface area contributed by atoms with Gasteiger partial charge in [0.15, 0.2) is 0 Å². The Balaban J connectivity index is 2.28. The fraction of sp³-hybridized carbons (Fsp3) is 0.538. The molecule has 5 nitrogen and oxygen atoms in total. The summed E-state index contributed by atoms with van der Waals surface area (Å²) in [6.45, 7) is 3.61. The van der Waals surface area contributed by atoms with E-state index in [2.05, 4.69) is 4.90 Å². The molecule has 1 fully saturated rings. The maximum absolute atomic E-state index is 11.1. The summed E-state index contributed by atoms with van der Waals surface area (Å²) < 4.78 is 0. The average molecular weight is 249 g/mol. The molecule has 1 aromatic carbocycles. The van der Waals surface area contributed by atoms with Crippen LogP contribution in [-0.4, -0.2) is 29.0 Å². The molecule has 18 heavy (non-hydrogen) atoms. The summed E-state index contributed by atoms with van der Waals surface area (Å²) in [5, 5.41) is 11.1. The number of nitro groups is 1. The molecule has 0 aromatic heterocycles. The zero-order valence-corrected chi connectivity index (χ0v) is 10.6. The molecule has 1 heterocycles. The predicted molar refractivity (Wildman–Crippen MR) is 70.3 cm³/mol. The molecule has 5 heteroatoms. The minimum absolute atomic E-state index is 0.0441. The maximum atomic E-state index is 11.1. The lowest BCUT2D eigenvalue weighted by atomic mass is 10.0. The lowest BCUT2D eigenvalue weighted by molar-refractivity contribution is -0.386. The van der Waals surface area contributed by atoms with Crippen molar-refractivity contribution in [1.82, 2.24) is 4.90 Å². The number of hydrogen-bond donors (Lipinski definition) is 1. The van der Waals surface area contributed by atoms with E-state index >= 15 is 0 Å². The van der Waals surface area contributed by atoms with Crippen LogP contribution in [0.4, 0.5) is 5.69 Å². The van der Waals surface area contributed by atoms with Gasteiger partial charge in [0.1, 0.15) is 0 Å². The van der Waals surface area contributed by atoms with E-state index in [1.165, 1.54) is 0 Å². The molecule has 0 aliphatic carbocycles. The summed E-state index contributed by atoms with van der Waals surface area (Å²) in [7, 11) is 0. The van der Waals surface area contributed by atoms with E-state index in [1.807, 2.05) is 19.1 Å². The molecule has 1 aliphatic heterocycles. The Labute approximate surface area is 107 Å². The Kier molecular flexibility index (Phi) is 3.93. The van der Waals surface area contributed by atoms with Gasteiger partial charge < -0.3 is 5.73 Å². The Hall–Kier alpha value is -1.46. The quantitative estimate of drug-likeness (QED) is 0.655. The Morgan fingerprint density at radius 2 is 2.28 bits per heavy atom. The summed E-state index contributed by atoms with van der Waals surface area (Å²) in [5.41, 5.74) is 6.74. The summed E-state index contributed by atoms with van der Waals surface area (Å²) in [6, 6.07) is 7.36. The second kappa shape index (κ2) is 5.46. The first-order valence-electron chi connectivity index (χ1n) is 6.34. The first kappa shape index (κ1) is 13.0. The molecule has 0 radical (unpaired) electrons. The van der Waals surface area contributed by atoms with Gasteiger partial charge in [-0.05, 0) is 26.3 Å². The van der Waals surface area contributed by atoms with Crippen LogP contribution in [0.25, 0.3) is 0 Å². The van der Waals surface area contributed by atoms with Gasteiger partial charge in [-0.25, -0.2) is 0 Å². The van der Waals surface area contributed by atoms with Crippen molar-refractivity contribution in [1.29, 1.82) is 0 Å². The summed E-state index contributed by atoms with van der Waals surface area (Å²) in [4.78, 5) is 13.0. The molecule has 1 aliphatic rings. The third-order valence-electron chi connectivity index (χ3n) is 3.78. The largest absolute Gasteiger partial charge is 0.329 e. The molecule has 0 amide bonds. The number of rotatable bonds is 4. The van der Waals surface area contributed by atoms with Gasteiger partial charge in [-0.1, -0.05) is 18.2 Å². The van der Waals surface area contributed by atoms with Gasteiger partial charge >= 0.3 is 0 Å². The van der Waals surface area contributed by atoms with Crippen LogP contribution in [0.5, 0.6) is 0 Å². The number of para-hydroxylation sites is 1. The van der Waals surface area contributed by atoms with Gasteiger partial charge in [0.05, 0.1) is 4.92 Å². The standard InChI is InChI=1S/C13H19N3O2/c1-10(15-8-4-5-11(15)9-14)12-6-2-3-7-13(12)16(17)18/h2-3,6-7,10-11H,4-5,8-9,14H2,1H3. The van der Waals surface area contributed by atoms with Gasteiger partial charge in [0.25, 0.3) is 5.69 Å². The zero-order chi connectivity index (χ0) is 13.1. The van der Waals surface area contributed by atoms with Crippen molar-refractivity contribution in [3.8, 4) is 0 Å². The lowest BCUT2D eigenvalue weighted by Crippen LogP contribution is -2.37. The topological polar surface area (TPSA) is 72.4 Å². The Bertz CT molecular complexity index is 436. The molecule has 0 spiro atoms. The maximum Gasteiger partial charge on any atom is 0.274 e. The van der Waals surface area contributed by atoms with E-state index in [4.69, 9.17) is 5.73 Å². The van der Waals surface area contributed by atoms with E-state index < -0.39 is 0 Å². The minimum Gasteiger partial charge on any atom is -0.329 e. The van der Waals surface area contributed by atoms with Gasteiger partial charge in [0, 0.05) is 30.3 Å². The fourth-order valence-electron chi connectivity index (χ4n) is 2.81. The van der Waals surface area contributed by atoms with Crippen LogP contribution >= 0.6 is 0 Å². The first-order valence-corrected chi connectivity index (χ1v) is 6.34. The molecule has 2 N–H and O–H groups in total. The van der Waals surface area contributed by atoms with Crippen molar-refractivity contribution in [3.05, 3.63) is 39.9 Å². The molecule has 2 unspecified atom stereocenters. The highest BCUT2D eigenvalue weighted by atomic mass is 16.6. The number of nitrogens with zero attached hydrogens (tertiary/aromatic N) is 2. The highest BCUT2D eigenvalue weighted by Gasteiger charge is 2.31. The van der Waals surface area contributed by atoms with E-state index in [-0.39, 0.29) is 16.7 Å². The fourth-order valence-corrected chi connectivity index (χ4v) is 2.81. The SMILES string of the molecule is CC(c1ccccc1[N+](=O)[O-])N1CCCC1CN. The Morgan fingerprint density at radius 3 is 2.94 bits per heavy atom. The van der Waals surface area contributed by atoms with Gasteiger partial charge in [-0.3, -0.25) is 15.0 Å². The molecule has 0 saturated carbocycles. The molecule has 0 bridgehead atoms. The molecular weight excluding hydrogens is 230 g/mol. The van der Waals surface area contributed by atoms with Crippen LogP contribution in [0.2, 0.25) is 0 Å². The first-order chi connectivity index (χ1) is 8.65. The van der Waals surface area contributed by atoms with E-state index in [0.717, 1.165) is 24.9 Å². The van der Waals surface area contributed by atoms with Crippen LogP contribution in [0.1, 0.15) is 31.4 Å². The molecule has 98 valence electrons. The van der Waals surface area contributed by atoms with Gasteiger partial charge in [0.2, 0.25) is 0 Å². The van der Waals surface area contributed by atoms with E-state index in [1.54, 1.807) is 12.1 Å². The van der Waals surface area contributed by atoms with Crippen LogP contribution in [0.3, 0.4) is 0 Å². The molecular formula is C13H19N3O2. The second-order valence-corrected chi connectivity index (χ2v) is 4.76. The predicted octanol–water partition coefficient (Wildman–Crippen LogP) is 2.08. The van der Waals surface area contributed by atoms with Gasteiger partial charge in [-0.15, -0.1) is 0 Å². The third kappa shape index (κ3) is 2.37. The molecule has 1 aromatic rings. The van der Waals surface area contributed by atoms with Crippen LogP contribution in [0.15, 0.2) is 24.3 Å². The van der Waals surface area contributed by atoms with E-state index in [9.17, 15) is 10.1 Å². The molecule has 2 rings (SSSR count). The van der Waals surface area contributed by atoms with Crippen molar-refractivity contribution in [2.45, 2.75) is 31.8 Å². The number of likely N-dealkylation sites (tertiary alicyclic amines) is 1. The Morgan fingerprint density at radius 1 is 1.56 bits per heavy atom. The van der Waals surface area contributed by atoms with E-state index in [0.29, 0.717) is 12.6 Å². The number of benzene rings is 1. The molecule has 1 saturated heterocycles. The smallest absolute Gasteiger partial charge is 0.274 e. The van der Waals surface area contributed by atoms with Gasteiger partial charge in [-0.2, -0.15) is 0 Å². The summed E-state index contributed by atoms with van der Waals surface area (Å²) in [5.74, 6) is 0. The number of nitrogens with two attached hydrogens (primary N) is 1. The third-order valence-corrected chi connectivity index (χ3v) is 3.78. The highest BCUT2D eigenvalue weighted by Crippen LogP contribution is 2.33. The van der Waals surface area contributed by atoms with Crippen molar-refractivity contribution >= 4 is 5.69 Å². The highest BCUT2D eigenvalue weighted by molar-refractivity contribution is 5.41. The summed E-state index contributed by atoms with van der Waals surface area (Å²) in [6.07, 6.45) is 2.20. The number of nitro benzene ring substituents is 1. The average Bonchev–Trinajstić information content (AvgIpc) is 2.86. The minimum atomic E-state index is -0.306. The normalized spacial score (nSPS) is 22.0.